The van der Waals surface area contributed by atoms with Crippen LogP contribution in [0.5, 0.6) is 11.5 Å². The van der Waals surface area contributed by atoms with E-state index in [0.29, 0.717) is 114 Å². The number of thiophene rings is 2. The van der Waals surface area contributed by atoms with Crippen LogP contribution in [0.1, 0.15) is 69.0 Å². The topological polar surface area (TPSA) is 221 Å². The van der Waals surface area contributed by atoms with Gasteiger partial charge in [0.05, 0.1) is 44.1 Å². The van der Waals surface area contributed by atoms with Crippen LogP contribution >= 0.6 is 22.7 Å². The molecule has 292 valence electrons. The van der Waals surface area contributed by atoms with E-state index in [1.807, 2.05) is 0 Å². The lowest BCUT2D eigenvalue weighted by Crippen LogP contribution is -2.14. The second kappa shape index (κ2) is 16.3. The number of nitrogens with one attached hydrogen (secondary N) is 2. The van der Waals surface area contributed by atoms with Crippen molar-refractivity contribution in [3.05, 3.63) is 81.6 Å². The molecule has 0 aliphatic heterocycles. The monoisotopic (exact) mass is 804 g/mol. The summed E-state index contributed by atoms with van der Waals surface area (Å²) in [5.41, 5.74) is 13.3. The van der Waals surface area contributed by atoms with Gasteiger partial charge in [-0.25, -0.2) is 28.7 Å². The predicted molar refractivity (Wildman–Crippen MR) is 209 cm³/mol. The number of ether oxygens (including phenoxy) is 2. The Hall–Kier alpha value is -5.56. The van der Waals surface area contributed by atoms with Gasteiger partial charge in [-0.3, -0.25) is 9.59 Å². The van der Waals surface area contributed by atoms with Gasteiger partial charge in [-0.2, -0.15) is 0 Å². The molecule has 4 heterocycles. The number of anilines is 4. The molecule has 8 rings (SSSR count). The number of primary amides is 2. The van der Waals surface area contributed by atoms with Gasteiger partial charge in [0.1, 0.15) is 69.3 Å². The van der Waals surface area contributed by atoms with Crippen molar-refractivity contribution >= 4 is 77.9 Å². The second-order valence-corrected chi connectivity index (χ2v) is 15.6. The van der Waals surface area contributed by atoms with Gasteiger partial charge in [0.25, 0.3) is 11.8 Å². The van der Waals surface area contributed by atoms with Crippen molar-refractivity contribution in [2.75, 3.05) is 10.6 Å². The highest BCUT2D eigenvalue weighted by molar-refractivity contribution is 7.21. The van der Waals surface area contributed by atoms with E-state index in [-0.39, 0.29) is 12.2 Å². The molecule has 0 bridgehead atoms. The Morgan fingerprint density at radius 1 is 0.696 bits per heavy atom. The zero-order valence-electron chi connectivity index (χ0n) is 30.2. The highest BCUT2D eigenvalue weighted by Gasteiger charge is 2.27. The first-order chi connectivity index (χ1) is 26.8. The highest BCUT2D eigenvalue weighted by Crippen LogP contribution is 2.39. The fourth-order valence-corrected chi connectivity index (χ4v) is 8.86. The van der Waals surface area contributed by atoms with Gasteiger partial charge in [0.2, 0.25) is 0 Å². The summed E-state index contributed by atoms with van der Waals surface area (Å²) in [7, 11) is 0. The minimum atomic E-state index is -0.517. The third-order valence-corrected chi connectivity index (χ3v) is 12.0. The van der Waals surface area contributed by atoms with E-state index in [0.717, 1.165) is 0 Å². The molecule has 0 spiro atoms. The first kappa shape index (κ1) is 38.7. The number of hydrogen-bond donors (Lipinski definition) is 6. The molecule has 2 saturated carbocycles. The number of aromatic nitrogens is 4. The molecule has 56 heavy (non-hydrogen) atoms. The van der Waals surface area contributed by atoms with Crippen molar-refractivity contribution in [2.45, 2.75) is 76.8 Å². The SMILES string of the molecule is Cc1c(C(N)=O)sc2ncnc(Nc3ccc(F)cc3O[C@@H]3CC[C@@H](O)C3)c12.Cc1c(C(N)=O)sc2ncnc(Nc3ccc(F)cc3O[C@H]3CC[C@@H](O)C3)c12. The molecule has 2 aliphatic carbocycles. The number of carbonyl (C=O) groups is 2. The number of halogens is 2. The largest absolute Gasteiger partial charge is 0.488 e. The van der Waals surface area contributed by atoms with Crippen LogP contribution in [0, 0.1) is 25.5 Å². The number of aliphatic hydroxyl groups excluding tert-OH is 2. The maximum absolute atomic E-state index is 13.8. The van der Waals surface area contributed by atoms with E-state index in [4.69, 9.17) is 20.9 Å². The normalized spacial score (nSPS) is 19.1. The predicted octanol–water partition coefficient (Wildman–Crippen LogP) is 6.55. The second-order valence-electron chi connectivity index (χ2n) is 13.6. The molecule has 6 aromatic rings. The smallest absolute Gasteiger partial charge is 0.259 e. The number of nitrogens with two attached hydrogens (primary N) is 2. The quantitative estimate of drug-likeness (QED) is 0.0869. The third kappa shape index (κ3) is 8.32. The van der Waals surface area contributed by atoms with Crippen molar-refractivity contribution in [1.82, 2.24) is 19.9 Å². The summed E-state index contributed by atoms with van der Waals surface area (Å²) in [5, 5.41) is 27.1. The van der Waals surface area contributed by atoms with Crippen LogP contribution < -0.4 is 31.6 Å². The fraction of sp³-hybridized carbons (Fsp3) is 0.316. The average molecular weight is 805 g/mol. The standard InChI is InChI=1S/2C19H19FN4O3S/c2*1-9-15-18(22-8-23-19(15)28-16(9)17(21)26)24-13-5-2-10(20)6-14(13)27-12-4-3-11(25)7-12/h2*2,5-6,8,11-12,25H,3-4,7H2,1H3,(H2,21,26)(H,22,23,24)/t11-,12+;11-,12-/m11/s1. The molecule has 0 saturated heterocycles. The van der Waals surface area contributed by atoms with Gasteiger partial charge >= 0.3 is 0 Å². The Bertz CT molecular complexity index is 2280. The van der Waals surface area contributed by atoms with Crippen LogP contribution in [-0.2, 0) is 0 Å². The average Bonchev–Trinajstić information content (AvgIpc) is 3.94. The van der Waals surface area contributed by atoms with E-state index in [1.54, 1.807) is 26.0 Å². The Morgan fingerprint density at radius 3 is 1.46 bits per heavy atom. The molecule has 18 heteroatoms. The molecule has 14 nitrogen and oxygen atoms in total. The third-order valence-electron chi connectivity index (χ3n) is 9.60. The van der Waals surface area contributed by atoms with E-state index < -0.39 is 35.7 Å². The first-order valence-electron chi connectivity index (χ1n) is 17.7. The molecule has 0 unspecified atom stereocenters. The summed E-state index contributed by atoms with van der Waals surface area (Å²) in [6.45, 7) is 3.57. The minimum absolute atomic E-state index is 0.174. The maximum atomic E-state index is 13.8. The van der Waals surface area contributed by atoms with Crippen LogP contribution in [0.25, 0.3) is 20.4 Å². The van der Waals surface area contributed by atoms with Crippen LogP contribution in [0.4, 0.5) is 31.8 Å². The molecule has 2 aliphatic rings. The number of aliphatic hydroxyl groups is 2. The first-order valence-corrected chi connectivity index (χ1v) is 19.4. The molecule has 2 aromatic carbocycles. The van der Waals surface area contributed by atoms with Gasteiger partial charge in [-0.1, -0.05) is 0 Å². The van der Waals surface area contributed by atoms with E-state index in [2.05, 4.69) is 30.6 Å². The van der Waals surface area contributed by atoms with Crippen molar-refractivity contribution < 1.29 is 38.1 Å². The Kier molecular flexibility index (Phi) is 11.2. The Morgan fingerprint density at radius 2 is 1.11 bits per heavy atom. The summed E-state index contributed by atoms with van der Waals surface area (Å²) >= 11 is 2.41. The van der Waals surface area contributed by atoms with Crippen molar-refractivity contribution in [3.8, 4) is 11.5 Å². The van der Waals surface area contributed by atoms with Crippen molar-refractivity contribution in [2.24, 2.45) is 11.5 Å². The van der Waals surface area contributed by atoms with Crippen LogP contribution in [0.2, 0.25) is 0 Å². The lowest BCUT2D eigenvalue weighted by molar-refractivity contribution is 0.0995. The Labute approximate surface area is 326 Å². The number of hydrogen-bond acceptors (Lipinski definition) is 14. The Balaban J connectivity index is 0.000000172. The molecular formula is C38H38F2N8O6S2. The number of carbonyl (C=O) groups excluding carboxylic acids is 2. The summed E-state index contributed by atoms with van der Waals surface area (Å²) in [4.78, 5) is 42.4. The lowest BCUT2D eigenvalue weighted by Gasteiger charge is -2.18. The van der Waals surface area contributed by atoms with Crippen LogP contribution in [-0.4, -0.2) is 66.4 Å². The van der Waals surface area contributed by atoms with Crippen molar-refractivity contribution in [3.63, 3.8) is 0 Å². The molecule has 4 aromatic heterocycles. The van der Waals surface area contributed by atoms with E-state index in [1.165, 1.54) is 59.6 Å². The molecule has 2 amide bonds. The van der Waals surface area contributed by atoms with Gasteiger partial charge in [-0.05, 0) is 74.9 Å². The van der Waals surface area contributed by atoms with E-state index >= 15 is 0 Å². The minimum Gasteiger partial charge on any atom is -0.488 e. The van der Waals surface area contributed by atoms with Crippen LogP contribution in [0.3, 0.4) is 0 Å². The lowest BCUT2D eigenvalue weighted by atomic mass is 10.2. The molecule has 8 N–H and O–H groups in total. The highest BCUT2D eigenvalue weighted by atomic mass is 32.1. The summed E-state index contributed by atoms with van der Waals surface area (Å²) in [6.07, 6.45) is 5.43. The zero-order chi connectivity index (χ0) is 39.7. The summed E-state index contributed by atoms with van der Waals surface area (Å²) in [6, 6.07) is 8.40. The number of benzene rings is 2. The van der Waals surface area contributed by atoms with Gasteiger partial charge < -0.3 is 41.8 Å². The van der Waals surface area contributed by atoms with Gasteiger partial charge in [0, 0.05) is 25.0 Å². The fourth-order valence-electron chi connectivity index (χ4n) is 6.86. The number of amides is 2. The zero-order valence-corrected chi connectivity index (χ0v) is 31.8. The summed E-state index contributed by atoms with van der Waals surface area (Å²) in [5.74, 6) is -0.232. The number of nitrogens with zero attached hydrogens (tertiary/aromatic N) is 4. The number of fused-ring (bicyclic) bond motifs is 2. The number of aryl methyl sites for hydroxylation is 2. The van der Waals surface area contributed by atoms with Crippen LogP contribution in [0.15, 0.2) is 49.1 Å². The van der Waals surface area contributed by atoms with E-state index in [9.17, 15) is 28.6 Å². The molecule has 4 atom stereocenters. The molecule has 2 fully saturated rings. The van der Waals surface area contributed by atoms with Crippen molar-refractivity contribution in [1.29, 1.82) is 0 Å². The number of rotatable bonds is 10. The molecule has 0 radical (unpaired) electrons. The summed E-state index contributed by atoms with van der Waals surface area (Å²) < 4.78 is 39.5. The van der Waals surface area contributed by atoms with Gasteiger partial charge in [0.15, 0.2) is 0 Å². The van der Waals surface area contributed by atoms with Gasteiger partial charge in [-0.15, -0.1) is 22.7 Å². The maximum Gasteiger partial charge on any atom is 0.259 e. The molecular weight excluding hydrogens is 767 g/mol.